The smallest absolute Gasteiger partial charge is 0.315 e. The molecule has 0 saturated carbocycles. The van der Waals surface area contributed by atoms with E-state index in [2.05, 4.69) is 10.1 Å². The zero-order valence-electron chi connectivity index (χ0n) is 12.8. The summed E-state index contributed by atoms with van der Waals surface area (Å²) in [5, 5.41) is 2.83. The topological polar surface area (TPSA) is 81.4 Å². The zero-order chi connectivity index (χ0) is 16.4. The molecule has 1 aromatic rings. The summed E-state index contributed by atoms with van der Waals surface area (Å²) >= 11 is 3.14. The zero-order valence-corrected chi connectivity index (χ0v) is 14.5. The number of anilines is 1. The van der Waals surface area contributed by atoms with E-state index < -0.39 is 6.04 Å². The molecule has 0 aliphatic rings. The first-order valence-corrected chi connectivity index (χ1v) is 9.40. The molecular weight excluding hydrogens is 320 g/mol. The van der Waals surface area contributed by atoms with Gasteiger partial charge < -0.3 is 15.8 Å². The number of amides is 1. The Morgan fingerprint density at radius 1 is 1.41 bits per heavy atom. The third-order valence-corrected chi connectivity index (χ3v) is 4.50. The SMILES string of the molecule is COC(=O)CSCc1cccc(NC(=O)[C@@H](N)CCSC)c1. The number of carbonyl (C=O) groups is 2. The molecule has 0 aromatic heterocycles. The van der Waals surface area contributed by atoms with Crippen LogP contribution >= 0.6 is 23.5 Å². The molecule has 0 aliphatic heterocycles. The standard InChI is InChI=1S/C15H22N2O3S2/c1-20-14(18)10-22-9-11-4-3-5-12(8-11)17-15(19)13(16)6-7-21-2/h3-5,8,13H,6-7,9-10,16H2,1-2H3,(H,17,19)/t13-/m0/s1. The highest BCUT2D eigenvalue weighted by Gasteiger charge is 2.13. The highest BCUT2D eigenvalue weighted by Crippen LogP contribution is 2.17. The van der Waals surface area contributed by atoms with Crippen LogP contribution in [0.2, 0.25) is 0 Å². The molecule has 122 valence electrons. The molecule has 0 radical (unpaired) electrons. The minimum Gasteiger partial charge on any atom is -0.468 e. The summed E-state index contributed by atoms with van der Waals surface area (Å²) < 4.78 is 4.59. The van der Waals surface area contributed by atoms with Crippen LogP contribution < -0.4 is 11.1 Å². The molecule has 0 spiro atoms. The van der Waals surface area contributed by atoms with E-state index in [1.54, 1.807) is 11.8 Å². The van der Waals surface area contributed by atoms with E-state index >= 15 is 0 Å². The summed E-state index contributed by atoms with van der Waals surface area (Å²) in [6.07, 6.45) is 2.64. The van der Waals surface area contributed by atoms with Crippen LogP contribution in [0.1, 0.15) is 12.0 Å². The van der Waals surface area contributed by atoms with E-state index in [1.165, 1.54) is 18.9 Å². The number of esters is 1. The molecule has 0 aliphatic carbocycles. The predicted molar refractivity (Wildman–Crippen MR) is 94.2 cm³/mol. The van der Waals surface area contributed by atoms with E-state index in [-0.39, 0.29) is 11.9 Å². The molecule has 22 heavy (non-hydrogen) atoms. The van der Waals surface area contributed by atoms with Gasteiger partial charge in [0.1, 0.15) is 0 Å². The minimum absolute atomic E-state index is 0.173. The van der Waals surface area contributed by atoms with Gasteiger partial charge in [-0.3, -0.25) is 9.59 Å². The lowest BCUT2D eigenvalue weighted by atomic mass is 10.2. The van der Waals surface area contributed by atoms with E-state index in [0.717, 1.165) is 17.0 Å². The number of nitrogens with two attached hydrogens (primary N) is 1. The Hall–Kier alpha value is -1.18. The van der Waals surface area contributed by atoms with Gasteiger partial charge in [-0.25, -0.2) is 0 Å². The van der Waals surface area contributed by atoms with E-state index in [0.29, 0.717) is 17.9 Å². The summed E-state index contributed by atoms with van der Waals surface area (Å²) in [6.45, 7) is 0. The third-order valence-electron chi connectivity index (χ3n) is 2.88. The molecule has 5 nitrogen and oxygen atoms in total. The Bertz CT molecular complexity index is 497. The van der Waals surface area contributed by atoms with Crippen molar-refractivity contribution < 1.29 is 14.3 Å². The first kappa shape index (κ1) is 18.9. The first-order chi connectivity index (χ1) is 10.6. The number of thioether (sulfide) groups is 2. The number of benzene rings is 1. The fourth-order valence-electron chi connectivity index (χ4n) is 1.66. The number of hydrogen-bond donors (Lipinski definition) is 2. The summed E-state index contributed by atoms with van der Waals surface area (Å²) in [5.41, 5.74) is 7.59. The molecule has 1 rings (SSSR count). The lowest BCUT2D eigenvalue weighted by Crippen LogP contribution is -2.36. The van der Waals surface area contributed by atoms with Crippen molar-refractivity contribution in [1.82, 2.24) is 0 Å². The highest BCUT2D eigenvalue weighted by molar-refractivity contribution is 7.99. The van der Waals surface area contributed by atoms with Crippen LogP contribution in [0.5, 0.6) is 0 Å². The quantitative estimate of drug-likeness (QED) is 0.669. The fourth-order valence-corrected chi connectivity index (χ4v) is 2.95. The molecule has 0 bridgehead atoms. The van der Waals surface area contributed by atoms with Gasteiger partial charge in [0, 0.05) is 11.4 Å². The number of ether oxygens (including phenoxy) is 1. The van der Waals surface area contributed by atoms with Crippen molar-refractivity contribution in [1.29, 1.82) is 0 Å². The van der Waals surface area contributed by atoms with E-state index in [1.807, 2.05) is 30.5 Å². The predicted octanol–water partition coefficient (Wildman–Crippen LogP) is 2.11. The van der Waals surface area contributed by atoms with Gasteiger partial charge in [0.25, 0.3) is 0 Å². The van der Waals surface area contributed by atoms with Crippen molar-refractivity contribution in [2.45, 2.75) is 18.2 Å². The monoisotopic (exact) mass is 342 g/mol. The van der Waals surface area contributed by atoms with E-state index in [4.69, 9.17) is 5.73 Å². The second-order valence-electron chi connectivity index (χ2n) is 4.65. The Labute approximate surface area is 139 Å². The lowest BCUT2D eigenvalue weighted by molar-refractivity contribution is -0.137. The van der Waals surface area contributed by atoms with Gasteiger partial charge in [0.2, 0.25) is 5.91 Å². The second kappa shape index (κ2) is 10.5. The van der Waals surface area contributed by atoms with Gasteiger partial charge in [-0.2, -0.15) is 11.8 Å². The maximum atomic E-state index is 12.0. The van der Waals surface area contributed by atoms with Crippen molar-refractivity contribution in [3.63, 3.8) is 0 Å². The average Bonchev–Trinajstić information content (AvgIpc) is 2.52. The van der Waals surface area contributed by atoms with Crippen molar-refractivity contribution in [2.75, 3.05) is 30.2 Å². The van der Waals surface area contributed by atoms with Crippen molar-refractivity contribution in [2.24, 2.45) is 5.73 Å². The van der Waals surface area contributed by atoms with Gasteiger partial charge >= 0.3 is 5.97 Å². The molecule has 0 heterocycles. The summed E-state index contributed by atoms with van der Waals surface area (Å²) in [7, 11) is 1.37. The van der Waals surface area contributed by atoms with Crippen LogP contribution in [0, 0.1) is 0 Å². The molecular formula is C15H22N2O3S2. The molecule has 1 amide bonds. The summed E-state index contributed by atoms with van der Waals surface area (Å²) in [5.74, 6) is 1.44. The minimum atomic E-state index is -0.496. The molecule has 0 unspecified atom stereocenters. The van der Waals surface area contributed by atoms with Crippen LogP contribution in [0.3, 0.4) is 0 Å². The molecule has 0 saturated heterocycles. The maximum Gasteiger partial charge on any atom is 0.315 e. The Morgan fingerprint density at radius 3 is 2.86 bits per heavy atom. The Kier molecular flexibility index (Phi) is 9.03. The molecule has 3 N–H and O–H groups in total. The number of nitrogens with one attached hydrogen (secondary N) is 1. The number of methoxy groups -OCH3 is 1. The Balaban J connectivity index is 2.49. The van der Waals surface area contributed by atoms with E-state index in [9.17, 15) is 9.59 Å². The van der Waals surface area contributed by atoms with Gasteiger partial charge in [-0.15, -0.1) is 11.8 Å². The van der Waals surface area contributed by atoms with Crippen LogP contribution in [-0.2, 0) is 20.1 Å². The number of rotatable bonds is 9. The van der Waals surface area contributed by atoms with Crippen LogP contribution in [-0.4, -0.2) is 42.8 Å². The van der Waals surface area contributed by atoms with Gasteiger partial charge in [-0.05, 0) is 36.1 Å². The molecule has 1 atom stereocenters. The molecule has 7 heteroatoms. The largest absolute Gasteiger partial charge is 0.468 e. The number of hydrogen-bond acceptors (Lipinski definition) is 6. The van der Waals surface area contributed by atoms with Crippen LogP contribution in [0.15, 0.2) is 24.3 Å². The maximum absolute atomic E-state index is 12.0. The normalized spacial score (nSPS) is 11.8. The second-order valence-corrected chi connectivity index (χ2v) is 6.62. The van der Waals surface area contributed by atoms with Gasteiger partial charge in [0.15, 0.2) is 0 Å². The summed E-state index contributed by atoms with van der Waals surface area (Å²) in [6, 6.07) is 7.05. The highest BCUT2D eigenvalue weighted by atomic mass is 32.2. The van der Waals surface area contributed by atoms with Gasteiger partial charge in [-0.1, -0.05) is 12.1 Å². The Morgan fingerprint density at radius 2 is 2.18 bits per heavy atom. The average molecular weight is 342 g/mol. The molecule has 1 aromatic carbocycles. The van der Waals surface area contributed by atoms with Crippen molar-refractivity contribution >= 4 is 41.1 Å². The third kappa shape index (κ3) is 7.20. The van der Waals surface area contributed by atoms with Crippen LogP contribution in [0.4, 0.5) is 5.69 Å². The lowest BCUT2D eigenvalue weighted by Gasteiger charge is -2.12. The fraction of sp³-hybridized carbons (Fsp3) is 0.467. The van der Waals surface area contributed by atoms with Crippen molar-refractivity contribution in [3.05, 3.63) is 29.8 Å². The summed E-state index contributed by atoms with van der Waals surface area (Å²) in [4.78, 5) is 23.0. The van der Waals surface area contributed by atoms with Gasteiger partial charge in [0.05, 0.1) is 18.9 Å². The van der Waals surface area contributed by atoms with Crippen LogP contribution in [0.25, 0.3) is 0 Å². The number of carbonyl (C=O) groups excluding carboxylic acids is 2. The van der Waals surface area contributed by atoms with Crippen molar-refractivity contribution in [3.8, 4) is 0 Å². The first-order valence-electron chi connectivity index (χ1n) is 6.85. The molecule has 0 fully saturated rings.